The number of carbonyl (C=O) groups excluding carboxylic acids is 2. The molecule has 2 heterocycles. The molecule has 0 aromatic rings. The van der Waals surface area contributed by atoms with Crippen LogP contribution >= 0.6 is 0 Å². The van der Waals surface area contributed by atoms with Crippen molar-refractivity contribution in [2.75, 3.05) is 19.6 Å². The van der Waals surface area contributed by atoms with Crippen LogP contribution in [0.5, 0.6) is 0 Å². The fourth-order valence-corrected chi connectivity index (χ4v) is 4.65. The maximum atomic E-state index is 13.1. The zero-order valence-electron chi connectivity index (χ0n) is 16.9. The van der Waals surface area contributed by atoms with E-state index in [2.05, 4.69) is 16.7 Å². The van der Waals surface area contributed by atoms with Crippen LogP contribution in [0.3, 0.4) is 0 Å². The Kier molecular flexibility index (Phi) is 5.68. The second-order valence-corrected chi connectivity index (χ2v) is 9.18. The van der Waals surface area contributed by atoms with Crippen LogP contribution in [0.2, 0.25) is 0 Å². The molecule has 1 aliphatic carbocycles. The van der Waals surface area contributed by atoms with E-state index in [1.165, 1.54) is 19.3 Å². The Bertz CT molecular complexity index is 517. The van der Waals surface area contributed by atoms with Crippen molar-refractivity contribution in [1.82, 2.24) is 14.7 Å². The van der Waals surface area contributed by atoms with Gasteiger partial charge in [0.05, 0.1) is 0 Å². The highest BCUT2D eigenvalue weighted by Gasteiger charge is 2.43. The summed E-state index contributed by atoms with van der Waals surface area (Å²) in [6.07, 6.45) is 7.56. The van der Waals surface area contributed by atoms with Crippen molar-refractivity contribution in [3.05, 3.63) is 0 Å². The zero-order valence-corrected chi connectivity index (χ0v) is 16.9. The molecule has 26 heavy (non-hydrogen) atoms. The Labute approximate surface area is 157 Å². The number of hydrogen-bond donors (Lipinski definition) is 0. The Hall–Kier alpha value is -1.46. The van der Waals surface area contributed by atoms with Crippen LogP contribution in [-0.2, 0) is 4.74 Å². The van der Waals surface area contributed by atoms with Gasteiger partial charge in [-0.15, -0.1) is 0 Å². The number of hydrogen-bond acceptors (Lipinski definition) is 3. The number of carbonyl (C=O) groups is 2. The van der Waals surface area contributed by atoms with Gasteiger partial charge in [-0.1, -0.05) is 19.3 Å². The predicted octanol–water partition coefficient (Wildman–Crippen LogP) is 3.84. The van der Waals surface area contributed by atoms with Gasteiger partial charge in [0.1, 0.15) is 5.60 Å². The van der Waals surface area contributed by atoms with E-state index in [4.69, 9.17) is 4.74 Å². The van der Waals surface area contributed by atoms with Crippen LogP contribution in [0.25, 0.3) is 0 Å². The van der Waals surface area contributed by atoms with E-state index in [0.717, 1.165) is 32.2 Å². The maximum Gasteiger partial charge on any atom is 0.410 e. The van der Waals surface area contributed by atoms with Gasteiger partial charge in [0.25, 0.3) is 0 Å². The maximum absolute atomic E-state index is 13.1. The molecular weight excluding hydrogens is 330 g/mol. The molecule has 2 aliphatic heterocycles. The first kappa shape index (κ1) is 19.3. The molecule has 0 radical (unpaired) electrons. The van der Waals surface area contributed by atoms with Crippen molar-refractivity contribution in [2.45, 2.75) is 96.4 Å². The summed E-state index contributed by atoms with van der Waals surface area (Å²) in [6.45, 7) is 10.0. The Morgan fingerprint density at radius 2 is 1.62 bits per heavy atom. The number of nitrogens with zero attached hydrogens (tertiary/aromatic N) is 3. The van der Waals surface area contributed by atoms with Gasteiger partial charge in [-0.2, -0.15) is 0 Å². The molecular formula is C20H35N3O3. The van der Waals surface area contributed by atoms with Crippen molar-refractivity contribution in [2.24, 2.45) is 0 Å². The van der Waals surface area contributed by atoms with E-state index in [-0.39, 0.29) is 24.2 Å². The van der Waals surface area contributed by atoms with E-state index in [9.17, 15) is 9.59 Å². The van der Waals surface area contributed by atoms with E-state index < -0.39 is 5.60 Å². The lowest BCUT2D eigenvalue weighted by Crippen LogP contribution is -2.51. The molecule has 6 nitrogen and oxygen atoms in total. The minimum absolute atomic E-state index is 0.222. The van der Waals surface area contributed by atoms with Gasteiger partial charge in [-0.25, -0.2) is 9.59 Å². The number of ether oxygens (including phenoxy) is 1. The van der Waals surface area contributed by atoms with E-state index in [1.54, 1.807) is 4.90 Å². The van der Waals surface area contributed by atoms with Gasteiger partial charge in [-0.05, 0) is 53.4 Å². The van der Waals surface area contributed by atoms with Crippen molar-refractivity contribution in [1.29, 1.82) is 0 Å². The fourth-order valence-electron chi connectivity index (χ4n) is 4.65. The quantitative estimate of drug-likeness (QED) is 0.747. The highest BCUT2D eigenvalue weighted by molar-refractivity contribution is 5.78. The summed E-state index contributed by atoms with van der Waals surface area (Å²) in [5, 5.41) is 0. The fraction of sp³-hybridized carbons (Fsp3) is 0.900. The molecule has 148 valence electrons. The molecule has 3 rings (SSSR count). The third-order valence-corrected chi connectivity index (χ3v) is 5.93. The minimum Gasteiger partial charge on any atom is -0.444 e. The lowest BCUT2D eigenvalue weighted by molar-refractivity contribution is 0.0160. The zero-order chi connectivity index (χ0) is 18.9. The molecule has 0 aromatic carbocycles. The molecule has 3 aliphatic rings. The highest BCUT2D eigenvalue weighted by Crippen LogP contribution is 2.31. The van der Waals surface area contributed by atoms with E-state index in [1.807, 2.05) is 20.8 Å². The first-order valence-electron chi connectivity index (χ1n) is 10.3. The van der Waals surface area contributed by atoms with Crippen molar-refractivity contribution >= 4 is 12.1 Å². The van der Waals surface area contributed by atoms with Crippen molar-refractivity contribution < 1.29 is 14.3 Å². The van der Waals surface area contributed by atoms with Crippen LogP contribution in [-0.4, -0.2) is 70.2 Å². The SMILES string of the molecule is CC1CN(C2CCCCC2)C(=O)N1C1CCN(C(=O)OC(C)(C)C)CC1. The largest absolute Gasteiger partial charge is 0.444 e. The summed E-state index contributed by atoms with van der Waals surface area (Å²) in [6, 6.07) is 1.16. The predicted molar refractivity (Wildman–Crippen MR) is 101 cm³/mol. The number of piperidine rings is 1. The first-order valence-corrected chi connectivity index (χ1v) is 10.3. The van der Waals surface area contributed by atoms with Crippen LogP contribution in [0.15, 0.2) is 0 Å². The van der Waals surface area contributed by atoms with Crippen LogP contribution in [0.1, 0.15) is 72.6 Å². The number of urea groups is 1. The van der Waals surface area contributed by atoms with Gasteiger partial charge < -0.3 is 19.4 Å². The first-order chi connectivity index (χ1) is 12.3. The lowest BCUT2D eigenvalue weighted by Gasteiger charge is -2.39. The smallest absolute Gasteiger partial charge is 0.410 e. The topological polar surface area (TPSA) is 53.1 Å². The number of rotatable bonds is 2. The number of amides is 3. The van der Waals surface area contributed by atoms with Gasteiger partial charge in [0.2, 0.25) is 0 Å². The Morgan fingerprint density at radius 3 is 2.19 bits per heavy atom. The summed E-state index contributed by atoms with van der Waals surface area (Å²) in [5.74, 6) is 0. The van der Waals surface area contributed by atoms with Crippen molar-refractivity contribution in [3.8, 4) is 0 Å². The van der Waals surface area contributed by atoms with Crippen molar-refractivity contribution in [3.63, 3.8) is 0 Å². The molecule has 3 fully saturated rings. The molecule has 6 heteroatoms. The molecule has 1 atom stereocenters. The molecule has 0 aromatic heterocycles. The molecule has 1 saturated carbocycles. The van der Waals surface area contributed by atoms with Crippen LogP contribution in [0, 0.1) is 0 Å². The summed E-state index contributed by atoms with van der Waals surface area (Å²) < 4.78 is 5.47. The van der Waals surface area contributed by atoms with E-state index >= 15 is 0 Å². The lowest BCUT2D eigenvalue weighted by atomic mass is 9.94. The second kappa shape index (κ2) is 7.65. The van der Waals surface area contributed by atoms with Gasteiger partial charge in [-0.3, -0.25) is 0 Å². The summed E-state index contributed by atoms with van der Waals surface area (Å²) in [4.78, 5) is 31.3. The molecule has 0 bridgehead atoms. The highest BCUT2D eigenvalue weighted by atomic mass is 16.6. The third kappa shape index (κ3) is 4.26. The monoisotopic (exact) mass is 365 g/mol. The van der Waals surface area contributed by atoms with Gasteiger partial charge in [0.15, 0.2) is 0 Å². The summed E-state index contributed by atoms with van der Waals surface area (Å²) in [7, 11) is 0. The third-order valence-electron chi connectivity index (χ3n) is 5.93. The normalized spacial score (nSPS) is 26.5. The standard InChI is InChI=1S/C20H35N3O3/c1-15-14-22(16-8-6-5-7-9-16)18(24)23(15)17-10-12-21(13-11-17)19(25)26-20(2,3)4/h15-17H,5-14H2,1-4H3. The molecule has 0 N–H and O–H groups in total. The Morgan fingerprint density at radius 1 is 1.00 bits per heavy atom. The average molecular weight is 366 g/mol. The molecule has 2 saturated heterocycles. The van der Waals surface area contributed by atoms with Crippen LogP contribution in [0.4, 0.5) is 9.59 Å². The summed E-state index contributed by atoms with van der Waals surface area (Å²) in [5.41, 5.74) is -0.464. The Balaban J connectivity index is 1.55. The molecule has 3 amide bonds. The van der Waals surface area contributed by atoms with Gasteiger partial charge in [0, 0.05) is 37.8 Å². The summed E-state index contributed by atoms with van der Waals surface area (Å²) >= 11 is 0. The second-order valence-electron chi connectivity index (χ2n) is 9.18. The minimum atomic E-state index is -0.464. The van der Waals surface area contributed by atoms with Crippen LogP contribution < -0.4 is 0 Å². The molecule has 0 spiro atoms. The average Bonchev–Trinajstić information content (AvgIpc) is 2.89. The van der Waals surface area contributed by atoms with E-state index in [0.29, 0.717) is 19.1 Å². The van der Waals surface area contributed by atoms with Gasteiger partial charge >= 0.3 is 12.1 Å². The number of likely N-dealkylation sites (tertiary alicyclic amines) is 1. The molecule has 1 unspecified atom stereocenters.